The lowest BCUT2D eigenvalue weighted by Crippen LogP contribution is -1.85. The lowest BCUT2D eigenvalue weighted by atomic mass is 9.97. The first-order valence-corrected chi connectivity index (χ1v) is 11.9. The number of rotatable bonds is 5. The summed E-state index contributed by atoms with van der Waals surface area (Å²) in [5, 5.41) is 10.8. The molecule has 176 valence electrons. The van der Waals surface area contributed by atoms with Crippen molar-refractivity contribution in [3.8, 4) is 39.8 Å². The normalized spacial score (nSPS) is 11.2. The molecule has 0 fully saturated rings. The molecule has 0 aliphatic carbocycles. The van der Waals surface area contributed by atoms with Gasteiger partial charge in [-0.05, 0) is 50.1 Å². The molecule has 0 aliphatic heterocycles. The fraction of sp³-hybridized carbons (Fsp3) is 0.0968. The Labute approximate surface area is 215 Å². The minimum Gasteiger partial charge on any atom is -0.455 e. The van der Waals surface area contributed by atoms with Crippen LogP contribution in [0.3, 0.4) is 0 Å². The van der Waals surface area contributed by atoms with E-state index in [-0.39, 0.29) is 5.88 Å². The van der Waals surface area contributed by atoms with E-state index in [0.29, 0.717) is 27.9 Å². The van der Waals surface area contributed by atoms with Crippen LogP contribution in [0.25, 0.3) is 33.8 Å². The van der Waals surface area contributed by atoms with Gasteiger partial charge >= 0.3 is 0 Å². The zero-order chi connectivity index (χ0) is 25.2. The molecule has 0 N–H and O–H groups in total. The van der Waals surface area contributed by atoms with E-state index in [4.69, 9.17) is 20.4 Å². The number of furan rings is 2. The largest absolute Gasteiger partial charge is 0.455 e. The maximum absolute atomic E-state index is 10.1. The van der Waals surface area contributed by atoms with Crippen LogP contribution in [0.4, 0.5) is 5.88 Å². The van der Waals surface area contributed by atoms with Gasteiger partial charge in [0, 0.05) is 21.7 Å². The minimum atomic E-state index is 0.236. The average Bonchev–Trinajstić information content (AvgIpc) is 3.50. The highest BCUT2D eigenvalue weighted by molar-refractivity contribution is 6.31. The van der Waals surface area contributed by atoms with Crippen molar-refractivity contribution in [3.05, 3.63) is 112 Å². The average molecular weight is 491 g/mol. The van der Waals surface area contributed by atoms with Gasteiger partial charge in [0.1, 0.15) is 28.9 Å². The summed E-state index contributed by atoms with van der Waals surface area (Å²) < 4.78 is 12.2. The maximum Gasteiger partial charge on any atom is 0.238 e. The zero-order valence-corrected chi connectivity index (χ0v) is 20.9. The van der Waals surface area contributed by atoms with E-state index in [1.165, 1.54) is 0 Å². The molecule has 0 saturated carbocycles. The Morgan fingerprint density at radius 3 is 2.06 bits per heavy atom. The molecule has 0 bridgehead atoms. The Morgan fingerprint density at radius 1 is 0.778 bits per heavy atom. The van der Waals surface area contributed by atoms with Crippen molar-refractivity contribution >= 4 is 23.7 Å². The standard InChI is InChI=1S/C31H23ClN2O2/c1-19-4-9-22(10-5-19)29-26(17-33)31(36-30(29)23-11-6-20(2)7-12-23)34-18-25-14-15-28(35-25)24-13-8-21(3)27(32)16-24/h4-16,18H,1-3H3. The summed E-state index contributed by atoms with van der Waals surface area (Å²) in [7, 11) is 0. The Morgan fingerprint density at radius 2 is 1.42 bits per heavy atom. The van der Waals surface area contributed by atoms with Gasteiger partial charge in [0.25, 0.3) is 0 Å². The van der Waals surface area contributed by atoms with Crippen molar-refractivity contribution in [1.29, 1.82) is 5.26 Å². The zero-order valence-electron chi connectivity index (χ0n) is 20.2. The quantitative estimate of drug-likeness (QED) is 0.231. The predicted molar refractivity (Wildman–Crippen MR) is 145 cm³/mol. The van der Waals surface area contributed by atoms with Crippen molar-refractivity contribution in [2.24, 2.45) is 4.99 Å². The first-order chi connectivity index (χ1) is 17.4. The molecule has 5 rings (SSSR count). The Balaban J connectivity index is 1.56. The summed E-state index contributed by atoms with van der Waals surface area (Å²) in [5.41, 5.74) is 7.04. The van der Waals surface area contributed by atoms with Crippen molar-refractivity contribution in [1.82, 2.24) is 0 Å². The summed E-state index contributed by atoms with van der Waals surface area (Å²) in [4.78, 5) is 4.52. The molecular formula is C31H23ClN2O2. The van der Waals surface area contributed by atoms with E-state index in [0.717, 1.165) is 38.9 Å². The maximum atomic E-state index is 10.1. The van der Waals surface area contributed by atoms with Gasteiger partial charge in [0.05, 0.1) is 6.21 Å². The lowest BCUT2D eigenvalue weighted by Gasteiger charge is -2.05. The van der Waals surface area contributed by atoms with E-state index in [2.05, 4.69) is 11.1 Å². The summed E-state index contributed by atoms with van der Waals surface area (Å²) in [6.45, 7) is 6.02. The van der Waals surface area contributed by atoms with Crippen LogP contribution in [0, 0.1) is 32.1 Å². The van der Waals surface area contributed by atoms with Gasteiger partial charge in [-0.2, -0.15) is 5.26 Å². The lowest BCUT2D eigenvalue weighted by molar-refractivity contribution is 0.572. The van der Waals surface area contributed by atoms with Crippen LogP contribution in [0.5, 0.6) is 0 Å². The van der Waals surface area contributed by atoms with Gasteiger partial charge in [-0.1, -0.05) is 83.4 Å². The Hall–Kier alpha value is -4.33. The number of aryl methyl sites for hydroxylation is 3. The van der Waals surface area contributed by atoms with Crippen LogP contribution >= 0.6 is 11.6 Å². The van der Waals surface area contributed by atoms with Gasteiger partial charge in [0.15, 0.2) is 0 Å². The molecule has 2 heterocycles. The molecule has 3 aromatic carbocycles. The molecule has 0 radical (unpaired) electrons. The molecular weight excluding hydrogens is 468 g/mol. The Bertz CT molecular complexity index is 1620. The van der Waals surface area contributed by atoms with Crippen LogP contribution in [0.1, 0.15) is 28.0 Å². The van der Waals surface area contributed by atoms with E-state index < -0.39 is 0 Å². The molecule has 36 heavy (non-hydrogen) atoms. The van der Waals surface area contributed by atoms with Crippen LogP contribution in [0.15, 0.2) is 92.7 Å². The van der Waals surface area contributed by atoms with Crippen LogP contribution in [-0.2, 0) is 0 Å². The number of nitrogens with zero attached hydrogens (tertiary/aromatic N) is 2. The van der Waals surface area contributed by atoms with Gasteiger partial charge in [-0.15, -0.1) is 0 Å². The minimum absolute atomic E-state index is 0.236. The number of nitriles is 1. The summed E-state index contributed by atoms with van der Waals surface area (Å²) in [6, 6.07) is 27.8. The highest BCUT2D eigenvalue weighted by Gasteiger charge is 2.23. The highest BCUT2D eigenvalue weighted by atomic mass is 35.5. The molecule has 0 aliphatic rings. The molecule has 0 saturated heterocycles. The molecule has 0 unspecified atom stereocenters. The smallest absolute Gasteiger partial charge is 0.238 e. The molecule has 5 aromatic rings. The first-order valence-electron chi connectivity index (χ1n) is 11.5. The number of benzene rings is 3. The Kier molecular flexibility index (Phi) is 6.33. The SMILES string of the molecule is Cc1ccc(-c2oc(N=Cc3ccc(-c4ccc(C)c(Cl)c4)o3)c(C#N)c2-c2ccc(C)cc2)cc1. The van der Waals surface area contributed by atoms with Crippen LogP contribution in [0.2, 0.25) is 5.02 Å². The second-order valence-corrected chi connectivity index (χ2v) is 9.16. The molecule has 0 atom stereocenters. The van der Waals surface area contributed by atoms with Crippen molar-refractivity contribution in [2.45, 2.75) is 20.8 Å². The van der Waals surface area contributed by atoms with E-state index in [1.54, 1.807) is 6.21 Å². The number of hydrogen-bond acceptors (Lipinski definition) is 4. The van der Waals surface area contributed by atoms with Gasteiger partial charge in [-0.25, -0.2) is 4.99 Å². The van der Waals surface area contributed by atoms with Gasteiger partial charge in [0.2, 0.25) is 5.88 Å². The van der Waals surface area contributed by atoms with Crippen molar-refractivity contribution in [2.75, 3.05) is 0 Å². The number of hydrogen-bond donors (Lipinski definition) is 0. The third-order valence-electron chi connectivity index (χ3n) is 6.05. The van der Waals surface area contributed by atoms with E-state index >= 15 is 0 Å². The molecule has 0 amide bonds. The number of halogens is 1. The van der Waals surface area contributed by atoms with E-state index in [9.17, 15) is 5.26 Å². The number of aliphatic imine (C=N–C) groups is 1. The molecule has 5 heteroatoms. The second kappa shape index (κ2) is 9.73. The van der Waals surface area contributed by atoms with Gasteiger partial charge < -0.3 is 8.83 Å². The van der Waals surface area contributed by atoms with E-state index in [1.807, 2.05) is 99.6 Å². The third kappa shape index (κ3) is 4.62. The highest BCUT2D eigenvalue weighted by Crippen LogP contribution is 2.42. The fourth-order valence-corrected chi connectivity index (χ4v) is 4.14. The second-order valence-electron chi connectivity index (χ2n) is 8.75. The summed E-state index contributed by atoms with van der Waals surface area (Å²) in [5.74, 6) is 2.06. The van der Waals surface area contributed by atoms with Crippen molar-refractivity contribution in [3.63, 3.8) is 0 Å². The molecule has 4 nitrogen and oxygen atoms in total. The topological polar surface area (TPSA) is 62.4 Å². The third-order valence-corrected chi connectivity index (χ3v) is 6.45. The molecule has 0 spiro atoms. The summed E-state index contributed by atoms with van der Waals surface area (Å²) in [6.07, 6.45) is 1.57. The first kappa shape index (κ1) is 23.4. The van der Waals surface area contributed by atoms with Crippen molar-refractivity contribution < 1.29 is 8.83 Å². The summed E-state index contributed by atoms with van der Waals surface area (Å²) >= 11 is 6.27. The van der Waals surface area contributed by atoms with Crippen LogP contribution < -0.4 is 0 Å². The fourth-order valence-electron chi connectivity index (χ4n) is 3.96. The van der Waals surface area contributed by atoms with Gasteiger partial charge in [-0.3, -0.25) is 0 Å². The van der Waals surface area contributed by atoms with Crippen LogP contribution in [-0.4, -0.2) is 6.21 Å². The monoisotopic (exact) mass is 490 g/mol. The molecule has 2 aromatic heterocycles. The predicted octanol–water partition coefficient (Wildman–Crippen LogP) is 9.07.